The minimum Gasteiger partial charge on any atom is -0.496 e. The number of carboxylic acids is 1. The van der Waals surface area contributed by atoms with Gasteiger partial charge < -0.3 is 15.2 Å². The number of nitrogens with zero attached hydrogens (tertiary/aromatic N) is 3. The first-order valence-electron chi connectivity index (χ1n) is 5.64. The van der Waals surface area contributed by atoms with Gasteiger partial charge in [0.05, 0.1) is 24.2 Å². The minimum absolute atomic E-state index is 0.0784. The van der Waals surface area contributed by atoms with Gasteiger partial charge in [-0.15, -0.1) is 10.2 Å². The lowest BCUT2D eigenvalue weighted by Crippen LogP contribution is -2.16. The van der Waals surface area contributed by atoms with Crippen LogP contribution in [-0.2, 0) is 11.2 Å². The molecule has 1 aromatic carbocycles. The van der Waals surface area contributed by atoms with E-state index in [0.717, 1.165) is 0 Å². The molecule has 10 heteroatoms. The van der Waals surface area contributed by atoms with Crippen LogP contribution >= 0.6 is 11.6 Å². The first-order valence-corrected chi connectivity index (χ1v) is 6.02. The van der Waals surface area contributed by atoms with Crippen LogP contribution in [0.2, 0.25) is 5.02 Å². The molecule has 0 aliphatic carbocycles. The van der Waals surface area contributed by atoms with E-state index < -0.39 is 11.9 Å². The summed E-state index contributed by atoms with van der Waals surface area (Å²) in [5.41, 5.74) is 0.130. The SMILES string of the molecule is COc1cc(NC(=O)Cc2nn[nH]n2)c(Cl)cc1C(=O)O. The number of rotatable bonds is 5. The molecule has 0 spiro atoms. The maximum Gasteiger partial charge on any atom is 0.339 e. The van der Waals surface area contributed by atoms with Gasteiger partial charge in [0.25, 0.3) is 0 Å². The Kier molecular flexibility index (Phi) is 4.33. The summed E-state index contributed by atoms with van der Waals surface area (Å²) in [6.45, 7) is 0. The van der Waals surface area contributed by atoms with Gasteiger partial charge in [0.2, 0.25) is 5.91 Å². The van der Waals surface area contributed by atoms with Crippen molar-refractivity contribution in [2.45, 2.75) is 6.42 Å². The number of hydrogen-bond donors (Lipinski definition) is 3. The number of aromatic carboxylic acids is 1. The molecule has 0 unspecified atom stereocenters. The number of benzene rings is 1. The monoisotopic (exact) mass is 311 g/mol. The average Bonchev–Trinajstić information content (AvgIpc) is 2.93. The Morgan fingerprint density at radius 2 is 2.24 bits per heavy atom. The number of carbonyl (C=O) groups is 2. The highest BCUT2D eigenvalue weighted by Gasteiger charge is 2.16. The molecule has 0 atom stereocenters. The third-order valence-electron chi connectivity index (χ3n) is 2.50. The fourth-order valence-corrected chi connectivity index (χ4v) is 1.79. The Labute approximate surface area is 123 Å². The highest BCUT2D eigenvalue weighted by atomic mass is 35.5. The Morgan fingerprint density at radius 3 is 2.81 bits per heavy atom. The van der Waals surface area contributed by atoms with Crippen molar-refractivity contribution in [2.75, 3.05) is 12.4 Å². The lowest BCUT2D eigenvalue weighted by Gasteiger charge is -2.11. The van der Waals surface area contributed by atoms with Crippen molar-refractivity contribution in [2.24, 2.45) is 0 Å². The van der Waals surface area contributed by atoms with Gasteiger partial charge in [0.15, 0.2) is 5.82 Å². The highest BCUT2D eigenvalue weighted by molar-refractivity contribution is 6.34. The molecule has 3 N–H and O–H groups in total. The Balaban J connectivity index is 2.20. The number of ether oxygens (including phenoxy) is 1. The van der Waals surface area contributed by atoms with E-state index in [1.54, 1.807) is 0 Å². The topological polar surface area (TPSA) is 130 Å². The molecule has 110 valence electrons. The second-order valence-corrected chi connectivity index (χ2v) is 4.30. The van der Waals surface area contributed by atoms with Crippen LogP contribution in [0.3, 0.4) is 0 Å². The van der Waals surface area contributed by atoms with E-state index in [1.807, 2.05) is 0 Å². The molecule has 21 heavy (non-hydrogen) atoms. The molecule has 0 saturated carbocycles. The van der Waals surface area contributed by atoms with E-state index in [1.165, 1.54) is 19.2 Å². The molecule has 1 amide bonds. The number of H-pyrrole nitrogens is 1. The predicted molar refractivity (Wildman–Crippen MR) is 71.5 cm³/mol. The molecule has 0 aliphatic heterocycles. The van der Waals surface area contributed by atoms with E-state index in [9.17, 15) is 9.59 Å². The number of aromatic amines is 1. The van der Waals surface area contributed by atoms with E-state index in [2.05, 4.69) is 25.9 Å². The van der Waals surface area contributed by atoms with Crippen LogP contribution in [0, 0.1) is 0 Å². The van der Waals surface area contributed by atoms with Crippen LogP contribution < -0.4 is 10.1 Å². The number of tetrazole rings is 1. The number of halogens is 1. The van der Waals surface area contributed by atoms with Gasteiger partial charge in [-0.1, -0.05) is 16.8 Å². The largest absolute Gasteiger partial charge is 0.496 e. The molecule has 2 rings (SSSR count). The summed E-state index contributed by atoms with van der Waals surface area (Å²) in [5.74, 6) is -1.30. The molecule has 1 heterocycles. The molecule has 2 aromatic rings. The number of nitrogens with one attached hydrogen (secondary N) is 2. The number of carboxylic acid groups (broad SMARTS) is 1. The van der Waals surface area contributed by atoms with Gasteiger partial charge >= 0.3 is 5.97 Å². The summed E-state index contributed by atoms with van der Waals surface area (Å²) >= 11 is 5.94. The molecule has 9 nitrogen and oxygen atoms in total. The van der Waals surface area contributed by atoms with Crippen molar-refractivity contribution < 1.29 is 19.4 Å². The predicted octanol–water partition coefficient (Wildman–Crippen LogP) is 0.741. The first kappa shape index (κ1) is 14.7. The standard InChI is InChI=1S/C11H10ClN5O4/c1-21-8-3-7(6(12)2-5(8)11(19)20)13-10(18)4-9-14-16-17-15-9/h2-3H,4H2,1H3,(H,13,18)(H,19,20)(H,14,15,16,17). The van der Waals surface area contributed by atoms with Crippen LogP contribution in [0.1, 0.15) is 16.2 Å². The summed E-state index contributed by atoms with van der Waals surface area (Å²) in [6.07, 6.45) is -0.101. The van der Waals surface area contributed by atoms with Gasteiger partial charge in [0, 0.05) is 6.07 Å². The summed E-state index contributed by atoms with van der Waals surface area (Å²) in [4.78, 5) is 22.8. The van der Waals surface area contributed by atoms with Gasteiger partial charge in [0.1, 0.15) is 11.3 Å². The summed E-state index contributed by atoms with van der Waals surface area (Å²) in [6, 6.07) is 2.53. The molecule has 1 aromatic heterocycles. The highest BCUT2D eigenvalue weighted by Crippen LogP contribution is 2.31. The van der Waals surface area contributed by atoms with Crippen LogP contribution in [-0.4, -0.2) is 44.7 Å². The number of amides is 1. The van der Waals surface area contributed by atoms with E-state index in [0.29, 0.717) is 0 Å². The zero-order valence-corrected chi connectivity index (χ0v) is 11.5. The van der Waals surface area contributed by atoms with E-state index in [4.69, 9.17) is 21.4 Å². The number of methoxy groups -OCH3 is 1. The van der Waals surface area contributed by atoms with Crippen molar-refractivity contribution in [3.63, 3.8) is 0 Å². The van der Waals surface area contributed by atoms with Crippen LogP contribution in [0.4, 0.5) is 5.69 Å². The smallest absolute Gasteiger partial charge is 0.339 e. The van der Waals surface area contributed by atoms with Crippen molar-refractivity contribution in [3.8, 4) is 5.75 Å². The van der Waals surface area contributed by atoms with Crippen molar-refractivity contribution >= 4 is 29.2 Å². The number of anilines is 1. The molecule has 0 bridgehead atoms. The molecule has 0 fully saturated rings. The van der Waals surface area contributed by atoms with Gasteiger partial charge in [-0.3, -0.25) is 4.79 Å². The Morgan fingerprint density at radius 1 is 1.48 bits per heavy atom. The summed E-state index contributed by atoms with van der Waals surface area (Å²) < 4.78 is 4.96. The van der Waals surface area contributed by atoms with Crippen LogP contribution in [0.15, 0.2) is 12.1 Å². The van der Waals surface area contributed by atoms with Gasteiger partial charge in [-0.05, 0) is 6.07 Å². The average molecular weight is 312 g/mol. The summed E-state index contributed by atoms with van der Waals surface area (Å²) in [5, 5.41) is 24.5. The molecule has 0 saturated heterocycles. The van der Waals surface area contributed by atoms with Crippen LogP contribution in [0.5, 0.6) is 5.75 Å². The summed E-state index contributed by atoms with van der Waals surface area (Å²) in [7, 11) is 1.32. The van der Waals surface area contributed by atoms with Gasteiger partial charge in [-0.25, -0.2) is 4.79 Å². The zero-order valence-electron chi connectivity index (χ0n) is 10.8. The molecule has 0 aliphatic rings. The minimum atomic E-state index is -1.18. The lowest BCUT2D eigenvalue weighted by atomic mass is 10.1. The normalized spacial score (nSPS) is 10.2. The maximum atomic E-state index is 11.8. The quantitative estimate of drug-likeness (QED) is 0.742. The third kappa shape index (κ3) is 3.45. The molecular weight excluding hydrogens is 302 g/mol. The molecular formula is C11H10ClN5O4. The van der Waals surface area contributed by atoms with E-state index in [-0.39, 0.29) is 34.3 Å². The Hall–Kier alpha value is -2.68. The van der Waals surface area contributed by atoms with Crippen LogP contribution in [0.25, 0.3) is 0 Å². The number of hydrogen-bond acceptors (Lipinski definition) is 6. The number of carbonyl (C=O) groups excluding carboxylic acids is 1. The van der Waals surface area contributed by atoms with Crippen molar-refractivity contribution in [1.29, 1.82) is 0 Å². The zero-order chi connectivity index (χ0) is 15.4. The number of aromatic nitrogens is 4. The van der Waals surface area contributed by atoms with Gasteiger partial charge in [-0.2, -0.15) is 5.21 Å². The lowest BCUT2D eigenvalue weighted by molar-refractivity contribution is -0.115. The third-order valence-corrected chi connectivity index (χ3v) is 2.81. The van der Waals surface area contributed by atoms with Crippen molar-refractivity contribution in [1.82, 2.24) is 20.6 Å². The fourth-order valence-electron chi connectivity index (χ4n) is 1.58. The fraction of sp³-hybridized carbons (Fsp3) is 0.182. The Bertz CT molecular complexity index is 674. The molecule has 0 radical (unpaired) electrons. The van der Waals surface area contributed by atoms with Crippen molar-refractivity contribution in [3.05, 3.63) is 28.5 Å². The van der Waals surface area contributed by atoms with E-state index >= 15 is 0 Å². The first-order chi connectivity index (χ1) is 10.0. The second kappa shape index (κ2) is 6.18. The maximum absolute atomic E-state index is 11.8. The second-order valence-electron chi connectivity index (χ2n) is 3.89.